The first-order valence-corrected chi connectivity index (χ1v) is 8.85. The Morgan fingerprint density at radius 2 is 2.12 bits per heavy atom. The second kappa shape index (κ2) is 6.30. The molecule has 1 atom stereocenters. The van der Waals surface area contributed by atoms with Crippen molar-refractivity contribution in [1.82, 2.24) is 9.88 Å². The Hall–Kier alpha value is -2.31. The van der Waals surface area contributed by atoms with Crippen molar-refractivity contribution in [3.05, 3.63) is 69.2 Å². The summed E-state index contributed by atoms with van der Waals surface area (Å²) in [5, 5.41) is 12.1. The molecule has 0 radical (unpaired) electrons. The van der Waals surface area contributed by atoms with E-state index in [1.54, 1.807) is 29.5 Å². The number of rotatable bonds is 4. The highest BCUT2D eigenvalue weighted by molar-refractivity contribution is 7.18. The standard InChI is InChI=1S/C18H17N3O2S/c22-21(23)14-6-3-5-13(11-14)12-20-10-4-8-16(20)18-19-15-7-1-2-9-17(15)24-18/h1-3,5-7,9,11,16H,4,8,10,12H2/t16-/m1/s1. The Kier molecular flexibility index (Phi) is 4.00. The van der Waals surface area contributed by atoms with Crippen molar-refractivity contribution >= 4 is 27.2 Å². The van der Waals surface area contributed by atoms with Gasteiger partial charge in [-0.1, -0.05) is 24.3 Å². The van der Waals surface area contributed by atoms with Gasteiger partial charge in [0.15, 0.2) is 0 Å². The van der Waals surface area contributed by atoms with Crippen LogP contribution in [-0.2, 0) is 6.54 Å². The van der Waals surface area contributed by atoms with Gasteiger partial charge in [0, 0.05) is 18.7 Å². The first-order chi connectivity index (χ1) is 11.7. The van der Waals surface area contributed by atoms with Crippen LogP contribution in [0.5, 0.6) is 0 Å². The number of non-ortho nitro benzene ring substituents is 1. The molecule has 24 heavy (non-hydrogen) atoms. The van der Waals surface area contributed by atoms with Crippen LogP contribution < -0.4 is 0 Å². The number of para-hydroxylation sites is 1. The summed E-state index contributed by atoms with van der Waals surface area (Å²) in [5.74, 6) is 0. The van der Waals surface area contributed by atoms with Crippen molar-refractivity contribution in [2.75, 3.05) is 6.54 Å². The lowest BCUT2D eigenvalue weighted by atomic mass is 10.1. The van der Waals surface area contributed by atoms with Gasteiger partial charge < -0.3 is 0 Å². The Balaban J connectivity index is 1.58. The maximum absolute atomic E-state index is 11.0. The summed E-state index contributed by atoms with van der Waals surface area (Å²) in [7, 11) is 0. The Bertz CT molecular complexity index is 860. The number of benzene rings is 2. The van der Waals surface area contributed by atoms with E-state index in [0.717, 1.165) is 42.0 Å². The van der Waals surface area contributed by atoms with E-state index in [1.165, 1.54) is 4.70 Å². The molecule has 0 saturated carbocycles. The lowest BCUT2D eigenvalue weighted by Crippen LogP contribution is -2.22. The molecule has 0 spiro atoms. The third-order valence-electron chi connectivity index (χ3n) is 4.47. The predicted molar refractivity (Wildman–Crippen MR) is 95.1 cm³/mol. The molecular formula is C18H17N3O2S. The molecule has 4 rings (SSSR count). The Labute approximate surface area is 143 Å². The van der Waals surface area contributed by atoms with Gasteiger partial charge in [-0.3, -0.25) is 15.0 Å². The van der Waals surface area contributed by atoms with Gasteiger partial charge in [0.25, 0.3) is 5.69 Å². The quantitative estimate of drug-likeness (QED) is 0.517. The molecule has 0 bridgehead atoms. The molecule has 5 nitrogen and oxygen atoms in total. The molecule has 1 saturated heterocycles. The van der Waals surface area contributed by atoms with Crippen LogP contribution in [0, 0.1) is 10.1 Å². The minimum Gasteiger partial charge on any atom is -0.290 e. The maximum Gasteiger partial charge on any atom is 0.269 e. The molecule has 0 unspecified atom stereocenters. The number of nitro benzene ring substituents is 1. The number of thiazole rings is 1. The zero-order chi connectivity index (χ0) is 16.5. The van der Waals surface area contributed by atoms with Crippen molar-refractivity contribution in [2.24, 2.45) is 0 Å². The monoisotopic (exact) mass is 339 g/mol. The van der Waals surface area contributed by atoms with E-state index in [4.69, 9.17) is 4.98 Å². The number of aromatic nitrogens is 1. The van der Waals surface area contributed by atoms with E-state index in [-0.39, 0.29) is 10.6 Å². The number of hydrogen-bond donors (Lipinski definition) is 0. The van der Waals surface area contributed by atoms with Gasteiger partial charge in [-0.25, -0.2) is 4.98 Å². The summed E-state index contributed by atoms with van der Waals surface area (Å²) in [4.78, 5) is 17.8. The van der Waals surface area contributed by atoms with E-state index in [9.17, 15) is 10.1 Å². The Morgan fingerprint density at radius 1 is 1.25 bits per heavy atom. The summed E-state index contributed by atoms with van der Waals surface area (Å²) in [6.07, 6.45) is 2.23. The van der Waals surface area contributed by atoms with Crippen LogP contribution in [0.25, 0.3) is 10.2 Å². The van der Waals surface area contributed by atoms with E-state index in [1.807, 2.05) is 18.2 Å². The van der Waals surface area contributed by atoms with Crippen molar-refractivity contribution < 1.29 is 4.92 Å². The molecule has 0 N–H and O–H groups in total. The van der Waals surface area contributed by atoms with Crippen LogP contribution in [0.3, 0.4) is 0 Å². The molecule has 6 heteroatoms. The third-order valence-corrected chi connectivity index (χ3v) is 5.60. The van der Waals surface area contributed by atoms with E-state index in [0.29, 0.717) is 6.04 Å². The average molecular weight is 339 g/mol. The number of hydrogen-bond acceptors (Lipinski definition) is 5. The largest absolute Gasteiger partial charge is 0.290 e. The highest BCUT2D eigenvalue weighted by Gasteiger charge is 2.28. The van der Waals surface area contributed by atoms with Crippen LogP contribution in [0.2, 0.25) is 0 Å². The van der Waals surface area contributed by atoms with Gasteiger partial charge in [0.05, 0.1) is 21.2 Å². The minimum atomic E-state index is -0.335. The molecular weight excluding hydrogens is 322 g/mol. The molecule has 122 valence electrons. The van der Waals surface area contributed by atoms with Crippen LogP contribution in [0.4, 0.5) is 5.69 Å². The smallest absolute Gasteiger partial charge is 0.269 e. The van der Waals surface area contributed by atoms with Gasteiger partial charge in [-0.2, -0.15) is 0 Å². The van der Waals surface area contributed by atoms with Crippen molar-refractivity contribution in [2.45, 2.75) is 25.4 Å². The van der Waals surface area contributed by atoms with Crippen LogP contribution in [-0.4, -0.2) is 21.4 Å². The van der Waals surface area contributed by atoms with E-state index < -0.39 is 0 Å². The first kappa shape index (κ1) is 15.2. The zero-order valence-corrected chi connectivity index (χ0v) is 13.9. The summed E-state index contributed by atoms with van der Waals surface area (Å²) in [6, 6.07) is 15.5. The molecule has 1 aliphatic rings. The zero-order valence-electron chi connectivity index (χ0n) is 13.1. The highest BCUT2D eigenvalue weighted by Crippen LogP contribution is 2.37. The van der Waals surface area contributed by atoms with Gasteiger partial charge >= 0.3 is 0 Å². The fraction of sp³-hybridized carbons (Fsp3) is 0.278. The first-order valence-electron chi connectivity index (χ1n) is 8.03. The average Bonchev–Trinajstić information content (AvgIpc) is 3.21. The van der Waals surface area contributed by atoms with Gasteiger partial charge in [0.2, 0.25) is 0 Å². The molecule has 3 aromatic rings. The van der Waals surface area contributed by atoms with Crippen LogP contribution >= 0.6 is 11.3 Å². The summed E-state index contributed by atoms with van der Waals surface area (Å²) < 4.78 is 1.22. The van der Waals surface area contributed by atoms with Crippen molar-refractivity contribution in [1.29, 1.82) is 0 Å². The highest BCUT2D eigenvalue weighted by atomic mass is 32.1. The second-order valence-electron chi connectivity index (χ2n) is 6.08. The maximum atomic E-state index is 11.0. The third kappa shape index (κ3) is 2.90. The number of nitro groups is 1. The number of fused-ring (bicyclic) bond motifs is 1. The topological polar surface area (TPSA) is 59.3 Å². The van der Waals surface area contributed by atoms with Gasteiger partial charge in [0.1, 0.15) is 5.01 Å². The molecule has 2 heterocycles. The number of nitrogens with zero attached hydrogens (tertiary/aromatic N) is 3. The normalized spacial score (nSPS) is 18.2. The van der Waals surface area contributed by atoms with Crippen LogP contribution in [0.15, 0.2) is 48.5 Å². The summed E-state index contributed by atoms with van der Waals surface area (Å²) >= 11 is 1.76. The predicted octanol–water partition coefficient (Wildman–Crippen LogP) is 4.54. The molecule has 2 aromatic carbocycles. The lowest BCUT2D eigenvalue weighted by Gasteiger charge is -2.22. The van der Waals surface area contributed by atoms with E-state index >= 15 is 0 Å². The Morgan fingerprint density at radius 3 is 2.96 bits per heavy atom. The minimum absolute atomic E-state index is 0.156. The molecule has 1 aromatic heterocycles. The number of likely N-dealkylation sites (tertiary alicyclic amines) is 1. The fourth-order valence-electron chi connectivity index (χ4n) is 3.33. The van der Waals surface area contributed by atoms with Gasteiger partial charge in [-0.05, 0) is 37.1 Å². The summed E-state index contributed by atoms with van der Waals surface area (Å²) in [5.41, 5.74) is 2.19. The van der Waals surface area contributed by atoms with E-state index in [2.05, 4.69) is 17.0 Å². The SMILES string of the molecule is O=[N+]([O-])c1cccc(CN2CCC[C@@H]2c2nc3ccccc3s2)c1. The summed E-state index contributed by atoms with van der Waals surface area (Å²) in [6.45, 7) is 1.73. The molecule has 0 aliphatic carbocycles. The lowest BCUT2D eigenvalue weighted by molar-refractivity contribution is -0.384. The fourth-order valence-corrected chi connectivity index (χ4v) is 4.47. The second-order valence-corrected chi connectivity index (χ2v) is 7.14. The van der Waals surface area contributed by atoms with Crippen LogP contribution in [0.1, 0.15) is 29.5 Å². The molecule has 1 fully saturated rings. The van der Waals surface area contributed by atoms with Crippen molar-refractivity contribution in [3.63, 3.8) is 0 Å². The molecule has 0 amide bonds. The molecule has 1 aliphatic heterocycles. The van der Waals surface area contributed by atoms with Gasteiger partial charge in [-0.15, -0.1) is 11.3 Å². The van der Waals surface area contributed by atoms with Crippen molar-refractivity contribution in [3.8, 4) is 0 Å².